The van der Waals surface area contributed by atoms with Gasteiger partial charge in [-0.1, -0.05) is 6.07 Å². The molecule has 1 aromatic rings. The summed E-state index contributed by atoms with van der Waals surface area (Å²) in [5.41, 5.74) is 6.58. The van der Waals surface area contributed by atoms with Gasteiger partial charge in [0.1, 0.15) is 0 Å². The van der Waals surface area contributed by atoms with Crippen molar-refractivity contribution in [2.24, 2.45) is 0 Å². The first kappa shape index (κ1) is 10.2. The van der Waals surface area contributed by atoms with Gasteiger partial charge in [-0.15, -0.1) is 0 Å². The first-order valence-corrected chi connectivity index (χ1v) is 6.63. The van der Waals surface area contributed by atoms with Crippen LogP contribution < -0.4 is 5.73 Å². The number of benzene rings is 1. The highest BCUT2D eigenvalue weighted by atomic mass is 32.2. The molecule has 1 aliphatic heterocycles. The highest BCUT2D eigenvalue weighted by Gasteiger charge is 2.11. The zero-order valence-electron chi connectivity index (χ0n) is 7.98. The second-order valence-electron chi connectivity index (χ2n) is 3.21. The molecule has 0 spiro atoms. The lowest BCUT2D eigenvalue weighted by Gasteiger charge is -2.24. The van der Waals surface area contributed by atoms with Crippen molar-refractivity contribution in [3.63, 3.8) is 0 Å². The fraction of sp³-hybridized carbons (Fsp3) is 0.400. The molecule has 1 fully saturated rings. The van der Waals surface area contributed by atoms with Gasteiger partial charge in [0, 0.05) is 35.2 Å². The van der Waals surface area contributed by atoms with Gasteiger partial charge in [-0.05, 0) is 30.1 Å². The topological polar surface area (TPSA) is 29.3 Å². The van der Waals surface area contributed by atoms with E-state index in [1.807, 2.05) is 41.9 Å². The summed E-state index contributed by atoms with van der Waals surface area (Å²) in [6.45, 7) is 2.34. The Bertz CT molecular complexity index is 298. The van der Waals surface area contributed by atoms with E-state index in [0.29, 0.717) is 0 Å². The van der Waals surface area contributed by atoms with Crippen LogP contribution in [0.3, 0.4) is 0 Å². The molecule has 1 aromatic carbocycles. The average molecular weight is 226 g/mol. The van der Waals surface area contributed by atoms with Crippen molar-refractivity contribution in [1.29, 1.82) is 0 Å². The Balaban J connectivity index is 1.95. The minimum atomic E-state index is 0.849. The van der Waals surface area contributed by atoms with Crippen LogP contribution in [0.25, 0.3) is 0 Å². The van der Waals surface area contributed by atoms with Gasteiger partial charge < -0.3 is 5.73 Å². The minimum Gasteiger partial charge on any atom is -0.399 e. The van der Waals surface area contributed by atoms with Crippen LogP contribution in [0.4, 0.5) is 5.69 Å². The lowest BCUT2D eigenvalue weighted by molar-refractivity contribution is 0.522. The van der Waals surface area contributed by atoms with Crippen molar-refractivity contribution in [3.8, 4) is 0 Å². The van der Waals surface area contributed by atoms with Gasteiger partial charge in [0.2, 0.25) is 0 Å². The third-order valence-corrected chi connectivity index (χ3v) is 4.09. The average Bonchev–Trinajstić information content (AvgIpc) is 2.19. The summed E-state index contributed by atoms with van der Waals surface area (Å²) in [5, 5.41) is 0. The van der Waals surface area contributed by atoms with E-state index >= 15 is 0 Å². The third-order valence-electron chi connectivity index (χ3n) is 2.06. The molecule has 4 heteroatoms. The predicted molar refractivity (Wildman–Crippen MR) is 65.6 cm³/mol. The summed E-state index contributed by atoms with van der Waals surface area (Å²) < 4.78 is 2.41. The second-order valence-corrected chi connectivity index (χ2v) is 5.60. The van der Waals surface area contributed by atoms with Crippen molar-refractivity contribution in [1.82, 2.24) is 4.31 Å². The number of hydrogen-bond acceptors (Lipinski definition) is 4. The summed E-state index contributed by atoms with van der Waals surface area (Å²) in [6.07, 6.45) is 0. The normalized spacial score (nSPS) is 18.3. The molecule has 0 aromatic heterocycles. The number of rotatable bonds is 2. The molecule has 1 saturated heterocycles. The molecular weight excluding hydrogens is 212 g/mol. The first-order chi connectivity index (χ1) is 6.84. The van der Waals surface area contributed by atoms with Crippen LogP contribution in [-0.4, -0.2) is 28.9 Å². The van der Waals surface area contributed by atoms with Crippen molar-refractivity contribution in [2.45, 2.75) is 4.90 Å². The maximum atomic E-state index is 5.73. The fourth-order valence-electron chi connectivity index (χ4n) is 1.36. The number of nitrogen functional groups attached to an aromatic ring is 1. The zero-order valence-corrected chi connectivity index (χ0v) is 9.61. The van der Waals surface area contributed by atoms with Gasteiger partial charge in [0.05, 0.1) is 0 Å². The van der Waals surface area contributed by atoms with E-state index in [1.54, 1.807) is 0 Å². The molecule has 0 atom stereocenters. The Kier molecular flexibility index (Phi) is 3.61. The molecule has 0 saturated carbocycles. The van der Waals surface area contributed by atoms with Gasteiger partial charge in [-0.25, -0.2) is 4.31 Å². The van der Waals surface area contributed by atoms with Crippen LogP contribution in [0.2, 0.25) is 0 Å². The van der Waals surface area contributed by atoms with Crippen LogP contribution in [0.5, 0.6) is 0 Å². The van der Waals surface area contributed by atoms with E-state index in [9.17, 15) is 0 Å². The zero-order chi connectivity index (χ0) is 9.80. The number of hydrogen-bond donors (Lipinski definition) is 1. The van der Waals surface area contributed by atoms with Crippen LogP contribution in [-0.2, 0) is 0 Å². The molecule has 14 heavy (non-hydrogen) atoms. The Hall–Kier alpha value is -0.320. The Morgan fingerprint density at radius 1 is 1.29 bits per heavy atom. The molecule has 76 valence electrons. The maximum absolute atomic E-state index is 5.73. The second kappa shape index (κ2) is 4.96. The van der Waals surface area contributed by atoms with Gasteiger partial charge in [0.15, 0.2) is 0 Å². The summed E-state index contributed by atoms with van der Waals surface area (Å²) in [6, 6.07) is 8.08. The van der Waals surface area contributed by atoms with Crippen LogP contribution in [0.15, 0.2) is 29.2 Å². The standard InChI is InChI=1S/C10H14N2S2/c11-9-2-1-3-10(8-9)14-12-4-6-13-7-5-12/h1-3,8H,4-7,11H2. The largest absolute Gasteiger partial charge is 0.399 e. The van der Waals surface area contributed by atoms with E-state index in [0.717, 1.165) is 5.69 Å². The van der Waals surface area contributed by atoms with E-state index in [2.05, 4.69) is 10.4 Å². The first-order valence-electron chi connectivity index (χ1n) is 4.71. The quantitative estimate of drug-likeness (QED) is 0.619. The molecule has 0 unspecified atom stereocenters. The van der Waals surface area contributed by atoms with E-state index < -0.39 is 0 Å². The van der Waals surface area contributed by atoms with Gasteiger partial charge >= 0.3 is 0 Å². The molecular formula is C10H14N2S2. The van der Waals surface area contributed by atoms with E-state index in [4.69, 9.17) is 5.73 Å². The van der Waals surface area contributed by atoms with Crippen LogP contribution in [0.1, 0.15) is 0 Å². The molecule has 0 bridgehead atoms. The fourth-order valence-corrected chi connectivity index (χ4v) is 3.48. The molecule has 1 aliphatic rings. The summed E-state index contributed by atoms with van der Waals surface area (Å²) in [7, 11) is 0. The van der Waals surface area contributed by atoms with E-state index in [1.165, 1.54) is 29.5 Å². The molecule has 2 nitrogen and oxygen atoms in total. The minimum absolute atomic E-state index is 0.849. The molecule has 0 amide bonds. The lowest BCUT2D eigenvalue weighted by atomic mass is 10.3. The number of thioether (sulfide) groups is 1. The monoisotopic (exact) mass is 226 g/mol. The maximum Gasteiger partial charge on any atom is 0.0325 e. The smallest absolute Gasteiger partial charge is 0.0325 e. The molecule has 2 N–H and O–H groups in total. The molecule has 2 rings (SSSR count). The summed E-state index contributed by atoms with van der Waals surface area (Å²) in [5.74, 6) is 2.49. The Morgan fingerprint density at radius 2 is 2.07 bits per heavy atom. The number of anilines is 1. The summed E-state index contributed by atoms with van der Waals surface area (Å²) in [4.78, 5) is 1.25. The van der Waals surface area contributed by atoms with Crippen LogP contribution in [0, 0.1) is 0 Å². The van der Waals surface area contributed by atoms with Crippen molar-refractivity contribution in [2.75, 3.05) is 30.3 Å². The number of nitrogens with zero attached hydrogens (tertiary/aromatic N) is 1. The molecule has 1 heterocycles. The Labute approximate surface area is 93.4 Å². The summed E-state index contributed by atoms with van der Waals surface area (Å²) >= 11 is 3.85. The van der Waals surface area contributed by atoms with Crippen molar-refractivity contribution < 1.29 is 0 Å². The third kappa shape index (κ3) is 2.83. The van der Waals surface area contributed by atoms with Gasteiger partial charge in [-0.3, -0.25) is 0 Å². The molecule has 0 aliphatic carbocycles. The highest BCUT2D eigenvalue weighted by molar-refractivity contribution is 8.00. The van der Waals surface area contributed by atoms with Gasteiger partial charge in [0.25, 0.3) is 0 Å². The molecule has 0 radical (unpaired) electrons. The van der Waals surface area contributed by atoms with Crippen LogP contribution >= 0.6 is 23.7 Å². The SMILES string of the molecule is Nc1cccc(SN2CCSCC2)c1. The predicted octanol–water partition coefficient (Wildman–Crippen LogP) is 2.32. The van der Waals surface area contributed by atoms with Crippen molar-refractivity contribution in [3.05, 3.63) is 24.3 Å². The highest BCUT2D eigenvalue weighted by Crippen LogP contribution is 2.26. The number of nitrogens with two attached hydrogens (primary N) is 1. The van der Waals surface area contributed by atoms with Gasteiger partial charge in [-0.2, -0.15) is 11.8 Å². The van der Waals surface area contributed by atoms with E-state index in [-0.39, 0.29) is 0 Å². The van der Waals surface area contributed by atoms with Crippen molar-refractivity contribution >= 4 is 29.4 Å². The Morgan fingerprint density at radius 3 is 2.79 bits per heavy atom. The lowest BCUT2D eigenvalue weighted by Crippen LogP contribution is -2.26.